The molecule has 4 nitrogen and oxygen atoms in total. The van der Waals surface area contributed by atoms with E-state index in [-0.39, 0.29) is 5.91 Å². The Morgan fingerprint density at radius 2 is 2.07 bits per heavy atom. The molecule has 140 valence electrons. The molecule has 2 aromatic carbocycles. The summed E-state index contributed by atoms with van der Waals surface area (Å²) in [5, 5.41) is 0.666. The number of hydrogen-bond donors (Lipinski definition) is 1. The minimum atomic E-state index is -0.0152. The quantitative estimate of drug-likeness (QED) is 0.868. The topological polar surface area (TPSA) is 37.1 Å². The van der Waals surface area contributed by atoms with E-state index < -0.39 is 0 Å². The lowest BCUT2D eigenvalue weighted by Gasteiger charge is -2.31. The van der Waals surface area contributed by atoms with Crippen molar-refractivity contribution in [3.8, 4) is 0 Å². The van der Waals surface area contributed by atoms with E-state index in [1.807, 2.05) is 54.3 Å². The Morgan fingerprint density at radius 3 is 2.85 bits per heavy atom. The molecule has 27 heavy (non-hydrogen) atoms. The first-order chi connectivity index (χ1) is 13.0. The second kappa shape index (κ2) is 7.45. The number of anilines is 1. The Kier molecular flexibility index (Phi) is 5.02. The molecule has 4 rings (SSSR count). The van der Waals surface area contributed by atoms with Crippen LogP contribution < -0.4 is 9.80 Å². The monoisotopic (exact) mass is 382 g/mol. The lowest BCUT2D eigenvalue weighted by Crippen LogP contribution is -3.15. The van der Waals surface area contributed by atoms with Crippen LogP contribution in [0.4, 0.5) is 11.4 Å². The zero-order chi connectivity index (χ0) is 19.0. The molecule has 2 aromatic rings. The van der Waals surface area contributed by atoms with Crippen molar-refractivity contribution in [1.29, 1.82) is 0 Å². The van der Waals surface area contributed by atoms with Gasteiger partial charge in [-0.3, -0.25) is 9.69 Å². The van der Waals surface area contributed by atoms with Crippen molar-refractivity contribution in [2.24, 2.45) is 10.9 Å². The van der Waals surface area contributed by atoms with Crippen LogP contribution in [0.2, 0.25) is 5.02 Å². The third kappa shape index (κ3) is 3.64. The van der Waals surface area contributed by atoms with Crippen molar-refractivity contribution < 1.29 is 9.69 Å². The van der Waals surface area contributed by atoms with E-state index in [0.29, 0.717) is 29.0 Å². The van der Waals surface area contributed by atoms with Gasteiger partial charge in [0, 0.05) is 16.5 Å². The van der Waals surface area contributed by atoms with Gasteiger partial charge in [-0.05, 0) is 43.5 Å². The van der Waals surface area contributed by atoms with Gasteiger partial charge in [-0.2, -0.15) is 0 Å². The number of fused-ring (bicyclic) bond motifs is 1. The van der Waals surface area contributed by atoms with Gasteiger partial charge in [0.25, 0.3) is 5.91 Å². The molecule has 1 amide bonds. The van der Waals surface area contributed by atoms with E-state index in [1.54, 1.807) is 0 Å². The van der Waals surface area contributed by atoms with E-state index in [2.05, 4.69) is 11.9 Å². The molecule has 2 aliphatic rings. The third-order valence-corrected chi connectivity index (χ3v) is 5.95. The molecular weight excluding hydrogens is 358 g/mol. The first-order valence-corrected chi connectivity index (χ1v) is 10.0. The summed E-state index contributed by atoms with van der Waals surface area (Å²) in [7, 11) is 0. The fourth-order valence-corrected chi connectivity index (χ4v) is 4.25. The predicted octanol–water partition coefficient (Wildman–Crippen LogP) is 3.39. The average molecular weight is 383 g/mol. The number of carbonyl (C=O) groups excluding carboxylic acids is 1. The number of quaternary nitrogens is 1. The smallest absolute Gasteiger partial charge is 0.281 e. The van der Waals surface area contributed by atoms with Gasteiger partial charge in [-0.1, -0.05) is 42.8 Å². The Hall–Kier alpha value is -2.17. The van der Waals surface area contributed by atoms with Crippen molar-refractivity contribution in [2.75, 3.05) is 24.7 Å². The molecule has 1 unspecified atom stereocenters. The SMILES string of the molecule is Cc1ccc(N=C2C(=O)N(C[NH+]3CCC[C@@H](C)C3)c3ccccc32)cc1Cl. The normalized spacial score (nSPS) is 23.7. The maximum atomic E-state index is 13.2. The van der Waals surface area contributed by atoms with Crippen molar-refractivity contribution in [2.45, 2.75) is 26.7 Å². The molecule has 0 radical (unpaired) electrons. The average Bonchev–Trinajstić information content (AvgIpc) is 2.91. The zero-order valence-electron chi connectivity index (χ0n) is 15.8. The summed E-state index contributed by atoms with van der Waals surface area (Å²) in [6.45, 7) is 7.20. The molecule has 0 aliphatic carbocycles. The van der Waals surface area contributed by atoms with Gasteiger partial charge in [0.2, 0.25) is 0 Å². The fraction of sp³-hybridized carbons (Fsp3) is 0.364. The van der Waals surface area contributed by atoms with Crippen molar-refractivity contribution >= 4 is 34.6 Å². The van der Waals surface area contributed by atoms with Crippen LogP contribution in [0.3, 0.4) is 0 Å². The summed E-state index contributed by atoms with van der Waals surface area (Å²) in [4.78, 5) is 21.3. The highest BCUT2D eigenvalue weighted by molar-refractivity contribution is 6.54. The molecule has 2 heterocycles. The predicted molar refractivity (Wildman–Crippen MR) is 110 cm³/mol. The number of amides is 1. The van der Waals surface area contributed by atoms with Crippen molar-refractivity contribution in [3.63, 3.8) is 0 Å². The molecule has 1 saturated heterocycles. The van der Waals surface area contributed by atoms with Gasteiger partial charge < -0.3 is 4.90 Å². The first-order valence-electron chi connectivity index (χ1n) is 9.62. The third-order valence-electron chi connectivity index (χ3n) is 5.54. The van der Waals surface area contributed by atoms with Crippen LogP contribution in [0.25, 0.3) is 0 Å². The highest BCUT2D eigenvalue weighted by atomic mass is 35.5. The van der Waals surface area contributed by atoms with E-state index >= 15 is 0 Å². The number of hydrogen-bond acceptors (Lipinski definition) is 2. The van der Waals surface area contributed by atoms with Gasteiger partial charge in [0.1, 0.15) is 5.71 Å². The van der Waals surface area contributed by atoms with Crippen LogP contribution in [0.5, 0.6) is 0 Å². The van der Waals surface area contributed by atoms with E-state index in [4.69, 9.17) is 11.6 Å². The summed E-state index contributed by atoms with van der Waals surface area (Å²) in [5.74, 6) is 0.697. The highest BCUT2D eigenvalue weighted by Crippen LogP contribution is 2.31. The van der Waals surface area contributed by atoms with Crippen molar-refractivity contribution in [3.05, 3.63) is 58.6 Å². The molecule has 1 fully saturated rings. The Bertz CT molecular complexity index is 908. The number of halogens is 1. The molecule has 0 aromatic heterocycles. The van der Waals surface area contributed by atoms with Gasteiger partial charge in [-0.15, -0.1) is 0 Å². The molecule has 5 heteroatoms. The highest BCUT2D eigenvalue weighted by Gasteiger charge is 2.36. The van der Waals surface area contributed by atoms with Gasteiger partial charge >= 0.3 is 0 Å². The number of likely N-dealkylation sites (tertiary alicyclic amines) is 1. The molecular formula is C22H25ClN3O+. The van der Waals surface area contributed by atoms with Crippen LogP contribution in [0.1, 0.15) is 30.9 Å². The number of aliphatic imine (C=N–C) groups is 1. The summed E-state index contributed by atoms with van der Waals surface area (Å²) in [5.41, 5.74) is 4.09. The number of nitrogens with one attached hydrogen (secondary N) is 1. The van der Waals surface area contributed by atoms with Gasteiger partial charge in [-0.25, -0.2) is 4.99 Å². The molecule has 1 N–H and O–H groups in total. The Balaban J connectivity index is 1.67. The lowest BCUT2D eigenvalue weighted by atomic mass is 10.0. The van der Waals surface area contributed by atoms with E-state index in [0.717, 1.165) is 29.9 Å². The molecule has 2 atom stereocenters. The summed E-state index contributed by atoms with van der Waals surface area (Å²) in [6.07, 6.45) is 2.51. The number of aryl methyl sites for hydroxylation is 1. The summed E-state index contributed by atoms with van der Waals surface area (Å²) >= 11 is 6.24. The Labute approximate surface area is 165 Å². The molecule has 2 aliphatic heterocycles. The number of rotatable bonds is 3. The number of carbonyl (C=O) groups is 1. The number of piperidine rings is 1. The minimum absolute atomic E-state index is 0.0152. The second-order valence-corrected chi connectivity index (χ2v) is 8.16. The van der Waals surface area contributed by atoms with Crippen LogP contribution in [0.15, 0.2) is 47.5 Å². The maximum absolute atomic E-state index is 13.2. The lowest BCUT2D eigenvalue weighted by molar-refractivity contribution is -0.907. The summed E-state index contributed by atoms with van der Waals surface area (Å²) < 4.78 is 0. The van der Waals surface area contributed by atoms with Crippen molar-refractivity contribution in [1.82, 2.24) is 0 Å². The van der Waals surface area contributed by atoms with Crippen LogP contribution in [-0.2, 0) is 4.79 Å². The van der Waals surface area contributed by atoms with Gasteiger partial charge in [0.05, 0.1) is 24.5 Å². The number of para-hydroxylation sites is 1. The van der Waals surface area contributed by atoms with E-state index in [1.165, 1.54) is 17.7 Å². The maximum Gasteiger partial charge on any atom is 0.281 e. The molecule has 0 bridgehead atoms. The van der Waals surface area contributed by atoms with Crippen LogP contribution >= 0.6 is 11.6 Å². The number of benzene rings is 2. The largest absolute Gasteiger partial charge is 0.317 e. The Morgan fingerprint density at radius 1 is 1.26 bits per heavy atom. The van der Waals surface area contributed by atoms with Gasteiger partial charge in [0.15, 0.2) is 6.67 Å². The zero-order valence-corrected chi connectivity index (χ0v) is 16.6. The molecule has 0 saturated carbocycles. The van der Waals surface area contributed by atoms with Crippen LogP contribution in [0, 0.1) is 12.8 Å². The minimum Gasteiger partial charge on any atom is -0.317 e. The second-order valence-electron chi connectivity index (χ2n) is 7.75. The first kappa shape index (κ1) is 18.2. The molecule has 0 spiro atoms. The van der Waals surface area contributed by atoms with E-state index in [9.17, 15) is 4.79 Å². The number of nitrogens with zero attached hydrogens (tertiary/aromatic N) is 2. The fourth-order valence-electron chi connectivity index (χ4n) is 4.07. The summed E-state index contributed by atoms with van der Waals surface area (Å²) in [6, 6.07) is 13.6. The van der Waals surface area contributed by atoms with Crippen LogP contribution in [-0.4, -0.2) is 31.4 Å². The standard InChI is InChI=1S/C22H24ClN3O/c1-15-6-5-11-25(13-15)14-26-20-8-4-3-7-18(20)21(22(26)27)24-17-10-9-16(2)19(23)12-17/h3-4,7-10,12,15H,5-6,11,13-14H2,1-2H3/p+1/t15-/m1/s1.